The molecule has 0 unspecified atom stereocenters. The fraction of sp³-hybridized carbons (Fsp3) is 0.455. The van der Waals surface area contributed by atoms with Crippen LogP contribution in [0.4, 0.5) is 0 Å². The molecule has 2 heteroatoms. The summed E-state index contributed by atoms with van der Waals surface area (Å²) in [6.45, 7) is 7.07. The van der Waals surface area contributed by atoms with E-state index in [0.717, 1.165) is 0 Å². The zero-order valence-electron chi connectivity index (χ0n) is 8.09. The van der Waals surface area contributed by atoms with E-state index in [2.05, 4.69) is 6.58 Å². The molecule has 13 heavy (non-hydrogen) atoms. The minimum Gasteiger partial charge on any atom is -0.295 e. The largest absolute Gasteiger partial charge is 0.295 e. The summed E-state index contributed by atoms with van der Waals surface area (Å²) in [7, 11) is 0. The summed E-state index contributed by atoms with van der Waals surface area (Å²) >= 11 is 0. The minimum atomic E-state index is 0.0207. The third kappa shape index (κ3) is 1.94. The van der Waals surface area contributed by atoms with E-state index in [1.54, 1.807) is 19.9 Å². The minimum absolute atomic E-state index is 0.0207. The predicted octanol–water partition coefficient (Wildman–Crippen LogP) is 2.06. The van der Waals surface area contributed by atoms with Gasteiger partial charge in [-0.3, -0.25) is 9.59 Å². The molecule has 1 rings (SSSR count). The van der Waals surface area contributed by atoms with Crippen molar-refractivity contribution in [3.05, 3.63) is 23.8 Å². The first-order valence-corrected chi connectivity index (χ1v) is 4.42. The zero-order valence-corrected chi connectivity index (χ0v) is 8.09. The van der Waals surface area contributed by atoms with Crippen LogP contribution >= 0.6 is 0 Å². The molecule has 0 saturated carbocycles. The third-order valence-electron chi connectivity index (χ3n) is 2.63. The first-order chi connectivity index (χ1) is 6.06. The van der Waals surface area contributed by atoms with E-state index in [1.165, 1.54) is 0 Å². The van der Waals surface area contributed by atoms with Gasteiger partial charge in [0.15, 0.2) is 11.6 Å². The Hall–Kier alpha value is -1.18. The van der Waals surface area contributed by atoms with Crippen molar-refractivity contribution in [1.29, 1.82) is 0 Å². The van der Waals surface area contributed by atoms with Crippen LogP contribution in [0, 0.1) is 5.92 Å². The number of rotatable bonds is 1. The molecule has 0 fully saturated rings. The molecule has 0 aromatic heterocycles. The number of carbonyl (C=O) groups is 2. The summed E-state index contributed by atoms with van der Waals surface area (Å²) in [5.74, 6) is 0.175. The molecule has 1 aliphatic carbocycles. The van der Waals surface area contributed by atoms with Crippen molar-refractivity contribution < 1.29 is 9.59 Å². The van der Waals surface area contributed by atoms with Crippen LogP contribution in [-0.2, 0) is 9.59 Å². The third-order valence-corrected chi connectivity index (χ3v) is 2.63. The summed E-state index contributed by atoms with van der Waals surface area (Å²) in [4.78, 5) is 23.0. The lowest BCUT2D eigenvalue weighted by atomic mass is 9.98. The average molecular weight is 178 g/mol. The van der Waals surface area contributed by atoms with E-state index >= 15 is 0 Å². The smallest absolute Gasteiger partial charge is 0.159 e. The Morgan fingerprint density at radius 1 is 1.15 bits per heavy atom. The summed E-state index contributed by atoms with van der Waals surface area (Å²) in [6.07, 6.45) is 2.55. The number of hydrogen-bond donors (Lipinski definition) is 0. The van der Waals surface area contributed by atoms with E-state index in [0.29, 0.717) is 24.0 Å². The van der Waals surface area contributed by atoms with E-state index in [9.17, 15) is 9.59 Å². The van der Waals surface area contributed by atoms with Crippen molar-refractivity contribution in [3.8, 4) is 0 Å². The molecule has 0 amide bonds. The van der Waals surface area contributed by atoms with E-state index in [4.69, 9.17) is 0 Å². The Labute approximate surface area is 78.3 Å². The zero-order chi connectivity index (χ0) is 10.0. The molecule has 0 N–H and O–H groups in total. The van der Waals surface area contributed by atoms with Gasteiger partial charge in [-0.05, 0) is 30.9 Å². The quantitative estimate of drug-likeness (QED) is 0.576. The highest BCUT2D eigenvalue weighted by atomic mass is 16.1. The molecule has 0 saturated heterocycles. The highest BCUT2D eigenvalue weighted by Gasteiger charge is 2.23. The topological polar surface area (TPSA) is 34.1 Å². The van der Waals surface area contributed by atoms with Crippen LogP contribution in [0.1, 0.15) is 26.7 Å². The lowest BCUT2D eigenvalue weighted by Gasteiger charge is -2.04. The van der Waals surface area contributed by atoms with Gasteiger partial charge in [-0.25, -0.2) is 0 Å². The first-order valence-electron chi connectivity index (χ1n) is 4.42. The number of allylic oxidation sites excluding steroid dienone is 3. The average Bonchev–Trinajstić information content (AvgIpc) is 2.20. The van der Waals surface area contributed by atoms with E-state index in [-0.39, 0.29) is 17.5 Å². The molecule has 1 aliphatic rings. The molecular weight excluding hydrogens is 164 g/mol. The second-order valence-electron chi connectivity index (χ2n) is 3.50. The van der Waals surface area contributed by atoms with Crippen molar-refractivity contribution in [1.82, 2.24) is 0 Å². The molecule has 0 heterocycles. The fourth-order valence-corrected chi connectivity index (χ4v) is 1.44. The highest BCUT2D eigenvalue weighted by molar-refractivity contribution is 6.07. The molecule has 0 aliphatic heterocycles. The molecule has 0 aromatic carbocycles. The first kappa shape index (κ1) is 9.90. The molecule has 2 nitrogen and oxygen atoms in total. The maximum atomic E-state index is 11.5. The number of hydrogen-bond acceptors (Lipinski definition) is 2. The van der Waals surface area contributed by atoms with Crippen molar-refractivity contribution >= 4 is 11.6 Å². The van der Waals surface area contributed by atoms with Gasteiger partial charge in [0.1, 0.15) is 0 Å². The number of carbonyl (C=O) groups excluding carboxylic acids is 2. The lowest BCUT2D eigenvalue weighted by molar-refractivity contribution is -0.116. The molecule has 0 atom stereocenters. The van der Waals surface area contributed by atoms with Gasteiger partial charge in [-0.2, -0.15) is 0 Å². The van der Waals surface area contributed by atoms with Crippen molar-refractivity contribution in [2.24, 2.45) is 5.92 Å². The van der Waals surface area contributed by atoms with Gasteiger partial charge in [-0.1, -0.05) is 6.08 Å². The second kappa shape index (κ2) is 3.69. The predicted molar refractivity (Wildman–Crippen MR) is 51.3 cm³/mol. The Balaban J connectivity index is 3.01. The molecule has 0 radical (unpaired) electrons. The normalized spacial score (nSPS) is 20.5. The lowest BCUT2D eigenvalue weighted by Crippen LogP contribution is -2.05. The number of ketones is 2. The fourth-order valence-electron chi connectivity index (χ4n) is 1.44. The van der Waals surface area contributed by atoms with Crippen molar-refractivity contribution in [3.63, 3.8) is 0 Å². The molecule has 0 bridgehead atoms. The summed E-state index contributed by atoms with van der Waals surface area (Å²) in [5.41, 5.74) is 1.24. The molecule has 0 spiro atoms. The standard InChI is InChI=1S/C11H14O2/c1-4-9-5-10(12)7(2)8(3)11(13)6-9/h4,9H,1,5-6H2,2-3H3. The van der Waals surface area contributed by atoms with Crippen molar-refractivity contribution in [2.45, 2.75) is 26.7 Å². The van der Waals surface area contributed by atoms with Crippen LogP contribution in [0.15, 0.2) is 23.8 Å². The molecular formula is C11H14O2. The Bertz CT molecular complexity index is 271. The van der Waals surface area contributed by atoms with Gasteiger partial charge in [0, 0.05) is 12.8 Å². The molecule has 0 aromatic rings. The van der Waals surface area contributed by atoms with Gasteiger partial charge in [0.05, 0.1) is 0 Å². The highest BCUT2D eigenvalue weighted by Crippen LogP contribution is 2.23. The maximum absolute atomic E-state index is 11.5. The summed E-state index contributed by atoms with van der Waals surface area (Å²) in [5, 5.41) is 0. The summed E-state index contributed by atoms with van der Waals surface area (Å²) in [6, 6.07) is 0. The van der Waals surface area contributed by atoms with Crippen LogP contribution in [0.2, 0.25) is 0 Å². The Morgan fingerprint density at radius 2 is 1.54 bits per heavy atom. The van der Waals surface area contributed by atoms with Crippen LogP contribution in [-0.4, -0.2) is 11.6 Å². The van der Waals surface area contributed by atoms with Gasteiger partial charge in [-0.15, -0.1) is 6.58 Å². The van der Waals surface area contributed by atoms with E-state index in [1.807, 2.05) is 0 Å². The van der Waals surface area contributed by atoms with Crippen LogP contribution < -0.4 is 0 Å². The number of Topliss-reactive ketones (excluding diaryl/α,β-unsaturated/α-hetero) is 2. The Kier molecular flexibility index (Phi) is 2.81. The monoisotopic (exact) mass is 178 g/mol. The van der Waals surface area contributed by atoms with Gasteiger partial charge in [0.2, 0.25) is 0 Å². The van der Waals surface area contributed by atoms with Crippen LogP contribution in [0.25, 0.3) is 0 Å². The molecule has 70 valence electrons. The van der Waals surface area contributed by atoms with Gasteiger partial charge in [0.25, 0.3) is 0 Å². The summed E-state index contributed by atoms with van der Waals surface area (Å²) < 4.78 is 0. The van der Waals surface area contributed by atoms with Crippen molar-refractivity contribution in [2.75, 3.05) is 0 Å². The van der Waals surface area contributed by atoms with E-state index < -0.39 is 0 Å². The second-order valence-corrected chi connectivity index (χ2v) is 3.50. The van der Waals surface area contributed by atoms with Gasteiger partial charge >= 0.3 is 0 Å². The SMILES string of the molecule is C=CC1CC(=O)C(C)=C(C)C(=O)C1. The van der Waals surface area contributed by atoms with Gasteiger partial charge < -0.3 is 0 Å². The van der Waals surface area contributed by atoms with Crippen LogP contribution in [0.3, 0.4) is 0 Å². The maximum Gasteiger partial charge on any atom is 0.159 e. The van der Waals surface area contributed by atoms with Crippen LogP contribution in [0.5, 0.6) is 0 Å². The Morgan fingerprint density at radius 3 is 1.85 bits per heavy atom.